The number of nitrogens with two attached hydrogens (primary N) is 1. The van der Waals surface area contributed by atoms with Crippen LogP contribution in [-0.4, -0.2) is 16.1 Å². The lowest BCUT2D eigenvalue weighted by atomic mass is 10.6. The van der Waals surface area contributed by atoms with Gasteiger partial charge in [-0.25, -0.2) is 4.79 Å². The summed E-state index contributed by atoms with van der Waals surface area (Å²) in [6, 6.07) is 3.53. The first-order chi connectivity index (χ1) is 5.75. The number of aromatic amines is 1. The molecule has 0 spiro atoms. The number of nitrogens with zero attached hydrogens (tertiary/aromatic N) is 1. The van der Waals surface area contributed by atoms with Crippen molar-refractivity contribution in [2.24, 2.45) is 5.73 Å². The predicted octanol–water partition coefficient (Wildman–Crippen LogP) is -1.70. The molecule has 0 saturated heterocycles. The molecule has 0 aromatic carbocycles. The number of hydrogen-bond donors (Lipinski definition) is 2. The lowest BCUT2D eigenvalue weighted by Gasteiger charge is -1.89. The van der Waals surface area contributed by atoms with E-state index in [0.29, 0.717) is 0 Å². The molecule has 0 aliphatic carbocycles. The van der Waals surface area contributed by atoms with E-state index in [1.807, 2.05) is 0 Å². The summed E-state index contributed by atoms with van der Waals surface area (Å²) >= 11 is 0. The molecule has 62 valence electrons. The molecule has 0 radical (unpaired) electrons. The highest BCUT2D eigenvalue weighted by Crippen LogP contribution is 1.62. The van der Waals surface area contributed by atoms with E-state index in [1.165, 1.54) is 12.3 Å². The van der Waals surface area contributed by atoms with Crippen LogP contribution in [0.5, 0.6) is 0 Å². The monoisotopic (exact) mass is 165 g/mol. The molecule has 0 saturated carbocycles. The van der Waals surface area contributed by atoms with Crippen LogP contribution >= 0.6 is 0 Å². The van der Waals surface area contributed by atoms with Crippen LogP contribution in [0, 0.1) is 12.0 Å². The summed E-state index contributed by atoms with van der Waals surface area (Å²) < 4.78 is 0.771. The van der Waals surface area contributed by atoms with Crippen LogP contribution in [-0.2, 0) is 0 Å². The maximum absolute atomic E-state index is 10.9. The van der Waals surface area contributed by atoms with E-state index in [1.54, 1.807) is 0 Å². The molecule has 0 aliphatic heterocycles. The van der Waals surface area contributed by atoms with Crippen molar-refractivity contribution < 1.29 is 0 Å². The highest BCUT2D eigenvalue weighted by atomic mass is 16.2. The third kappa shape index (κ3) is 1.62. The first-order valence-corrected chi connectivity index (χ1v) is 3.25. The Bertz CT molecular complexity index is 404. The van der Waals surface area contributed by atoms with Gasteiger partial charge in [-0.15, -0.1) is 0 Å². The Morgan fingerprint density at radius 1 is 1.58 bits per heavy atom. The highest BCUT2D eigenvalue weighted by Gasteiger charge is 1.93. The summed E-state index contributed by atoms with van der Waals surface area (Å²) in [7, 11) is 0. The number of H-pyrrole nitrogens is 1. The molecule has 0 aliphatic rings. The van der Waals surface area contributed by atoms with Crippen molar-refractivity contribution in [1.29, 1.82) is 0 Å². The zero-order valence-corrected chi connectivity index (χ0v) is 6.20. The summed E-state index contributed by atoms with van der Waals surface area (Å²) in [6.45, 7) is 0.112. The Kier molecular flexibility index (Phi) is 2.46. The summed E-state index contributed by atoms with van der Waals surface area (Å²) in [5.41, 5.74) is 4.06. The third-order valence-electron chi connectivity index (χ3n) is 1.15. The van der Waals surface area contributed by atoms with Gasteiger partial charge in [0.25, 0.3) is 5.56 Å². The van der Waals surface area contributed by atoms with Crippen LogP contribution in [0.15, 0.2) is 21.9 Å². The van der Waals surface area contributed by atoms with E-state index >= 15 is 0 Å². The predicted molar refractivity (Wildman–Crippen MR) is 43.6 cm³/mol. The van der Waals surface area contributed by atoms with Crippen molar-refractivity contribution in [3.63, 3.8) is 0 Å². The first-order valence-electron chi connectivity index (χ1n) is 3.25. The Hall–Kier alpha value is -1.80. The van der Waals surface area contributed by atoms with Crippen LogP contribution in [0.3, 0.4) is 0 Å². The molecule has 12 heavy (non-hydrogen) atoms. The molecule has 1 rings (SSSR count). The van der Waals surface area contributed by atoms with Crippen LogP contribution in [0.1, 0.15) is 0 Å². The number of aromatic nitrogens is 2. The van der Waals surface area contributed by atoms with Crippen molar-refractivity contribution in [1.82, 2.24) is 9.55 Å². The zero-order chi connectivity index (χ0) is 8.97. The van der Waals surface area contributed by atoms with Crippen molar-refractivity contribution in [3.05, 3.63) is 33.1 Å². The zero-order valence-electron chi connectivity index (χ0n) is 6.20. The van der Waals surface area contributed by atoms with Gasteiger partial charge in [-0.2, -0.15) is 4.57 Å². The van der Waals surface area contributed by atoms with E-state index < -0.39 is 11.2 Å². The lowest BCUT2D eigenvalue weighted by Crippen LogP contribution is -2.31. The van der Waals surface area contributed by atoms with E-state index in [-0.39, 0.29) is 6.54 Å². The normalized spacial score (nSPS) is 8.75. The van der Waals surface area contributed by atoms with Crippen LogP contribution in [0.2, 0.25) is 0 Å². The van der Waals surface area contributed by atoms with Crippen molar-refractivity contribution in [2.75, 3.05) is 6.54 Å². The first kappa shape index (κ1) is 8.30. The fourth-order valence-corrected chi connectivity index (χ4v) is 0.654. The van der Waals surface area contributed by atoms with Gasteiger partial charge in [0.1, 0.15) is 0 Å². The Morgan fingerprint density at radius 3 is 2.92 bits per heavy atom. The number of nitrogens with one attached hydrogen (secondary N) is 1. The second-order valence-corrected chi connectivity index (χ2v) is 1.95. The molecule has 3 N–H and O–H groups in total. The average molecular weight is 165 g/mol. The van der Waals surface area contributed by atoms with Crippen LogP contribution in [0.4, 0.5) is 0 Å². The Labute approximate surface area is 67.8 Å². The Balaban J connectivity index is 3.32. The summed E-state index contributed by atoms with van der Waals surface area (Å²) in [6.07, 6.45) is 1.27. The van der Waals surface area contributed by atoms with E-state index in [0.717, 1.165) is 4.57 Å². The molecule has 1 aromatic heterocycles. The second kappa shape index (κ2) is 3.55. The molecule has 5 nitrogen and oxygen atoms in total. The summed E-state index contributed by atoms with van der Waals surface area (Å²) in [5, 5.41) is 0. The SMILES string of the molecule is NCC#Cn1c(=O)cc[nH]c1=O. The van der Waals surface area contributed by atoms with Crippen LogP contribution in [0.25, 0.3) is 0 Å². The standard InChI is InChI=1S/C7H7N3O2/c8-3-1-5-10-6(11)2-4-9-7(10)12/h2,4H,3,8H2,(H,9,12). The number of rotatable bonds is 0. The molecule has 1 aromatic rings. The van der Waals surface area contributed by atoms with Gasteiger partial charge in [0.15, 0.2) is 0 Å². The number of hydrogen-bond acceptors (Lipinski definition) is 3. The molecular formula is C7H7N3O2. The topological polar surface area (TPSA) is 80.9 Å². The fraction of sp³-hybridized carbons (Fsp3) is 0.143. The third-order valence-corrected chi connectivity index (χ3v) is 1.15. The van der Waals surface area contributed by atoms with Crippen molar-refractivity contribution in [3.8, 4) is 12.0 Å². The maximum Gasteiger partial charge on any atom is 0.340 e. The van der Waals surface area contributed by atoms with Gasteiger partial charge in [-0.1, -0.05) is 5.92 Å². The van der Waals surface area contributed by atoms with E-state index in [4.69, 9.17) is 5.73 Å². The largest absolute Gasteiger partial charge is 0.340 e. The maximum atomic E-state index is 10.9. The molecule has 5 heteroatoms. The van der Waals surface area contributed by atoms with Gasteiger partial charge in [0, 0.05) is 18.3 Å². The minimum absolute atomic E-state index is 0.112. The fourth-order valence-electron chi connectivity index (χ4n) is 0.654. The molecule has 0 atom stereocenters. The minimum atomic E-state index is -0.552. The Morgan fingerprint density at radius 2 is 2.33 bits per heavy atom. The quantitative estimate of drug-likeness (QED) is 0.450. The van der Waals surface area contributed by atoms with Crippen LogP contribution < -0.4 is 17.0 Å². The molecule has 1 heterocycles. The van der Waals surface area contributed by atoms with Crippen molar-refractivity contribution >= 4 is 0 Å². The van der Waals surface area contributed by atoms with Gasteiger partial charge in [0.05, 0.1) is 6.54 Å². The molecule has 0 amide bonds. The van der Waals surface area contributed by atoms with E-state index in [9.17, 15) is 9.59 Å². The van der Waals surface area contributed by atoms with Gasteiger partial charge in [-0.3, -0.25) is 4.79 Å². The molecule has 0 unspecified atom stereocenters. The van der Waals surface area contributed by atoms with Gasteiger partial charge in [-0.05, 0) is 0 Å². The molecular weight excluding hydrogens is 158 g/mol. The van der Waals surface area contributed by atoms with Gasteiger partial charge in [0.2, 0.25) is 0 Å². The summed E-state index contributed by atoms with van der Waals surface area (Å²) in [5.74, 6) is 2.42. The smallest absolute Gasteiger partial charge is 0.320 e. The minimum Gasteiger partial charge on any atom is -0.320 e. The summed E-state index contributed by atoms with van der Waals surface area (Å²) in [4.78, 5) is 24.2. The molecule has 0 bridgehead atoms. The van der Waals surface area contributed by atoms with Crippen molar-refractivity contribution in [2.45, 2.75) is 0 Å². The molecule has 0 fully saturated rings. The van der Waals surface area contributed by atoms with E-state index in [2.05, 4.69) is 16.9 Å². The highest BCUT2D eigenvalue weighted by molar-refractivity contribution is 5.04. The average Bonchev–Trinajstić information content (AvgIpc) is 2.04. The van der Waals surface area contributed by atoms with Gasteiger partial charge >= 0.3 is 5.69 Å². The van der Waals surface area contributed by atoms with Gasteiger partial charge < -0.3 is 10.7 Å². The second-order valence-electron chi connectivity index (χ2n) is 1.95. The lowest BCUT2D eigenvalue weighted by molar-refractivity contribution is 0.904.